The number of nitrogens with zero attached hydrogens (tertiary/aromatic N) is 1. The second-order valence-corrected chi connectivity index (χ2v) is 8.42. The maximum Gasteiger partial charge on any atom is 0.223 e. The lowest BCUT2D eigenvalue weighted by Gasteiger charge is -2.37. The van der Waals surface area contributed by atoms with Gasteiger partial charge in [0, 0.05) is 13.0 Å². The molecule has 4 N–H and O–H groups in total. The molecule has 0 fully saturated rings. The number of unbranched alkanes of at least 4 members (excludes halogenated alkanes) is 8. The highest BCUT2D eigenvalue weighted by Crippen LogP contribution is 2.17. The number of aliphatic hydroxyl groups is 1. The molecule has 1 amide bonds. The number of hydrogen-bond donors (Lipinski definition) is 3. The van der Waals surface area contributed by atoms with E-state index in [0.29, 0.717) is 19.5 Å². The lowest BCUT2D eigenvalue weighted by atomic mass is 10.0. The predicted octanol–water partition coefficient (Wildman–Crippen LogP) is -0.268. The molecule has 9 heteroatoms. The van der Waals surface area contributed by atoms with Crippen LogP contribution in [-0.4, -0.2) is 45.8 Å². The molecule has 0 aromatic carbocycles. The smallest absolute Gasteiger partial charge is 0.223 e. The Bertz CT molecular complexity index is 372. The van der Waals surface area contributed by atoms with Gasteiger partial charge >= 0.3 is 0 Å². The van der Waals surface area contributed by atoms with E-state index in [2.05, 4.69) is 6.92 Å². The van der Waals surface area contributed by atoms with Crippen molar-refractivity contribution < 1.29 is 38.8 Å². The van der Waals surface area contributed by atoms with Gasteiger partial charge in [-0.2, -0.15) is 14.0 Å². The van der Waals surface area contributed by atoms with Gasteiger partial charge in [-0.1, -0.05) is 58.3 Å². The Labute approximate surface area is 172 Å². The average Bonchev–Trinajstić information content (AvgIpc) is 2.59. The standard InChI is InChI=1S/C19H40N2O2.ClHO4/c1-4-5-6-7-8-9-10-11-12-14-18(23)21(16-13-15-20)19(2,3)17-22;2-1(3,4)5/h22H,4-17,20H2,1-3H3;(H,2,3,4,5). The Balaban J connectivity index is 0. The summed E-state index contributed by atoms with van der Waals surface area (Å²) in [5.41, 5.74) is 5.07. The lowest BCUT2D eigenvalue weighted by Crippen LogP contribution is -2.58. The fraction of sp³-hybridized carbons (Fsp3) is 0.947. The normalized spacial score (nSPS) is 11.8. The molecule has 0 aromatic rings. The van der Waals surface area contributed by atoms with Gasteiger partial charge in [0.05, 0.1) is 27.0 Å². The largest absolute Gasteiger partial charge is 0.394 e. The summed E-state index contributed by atoms with van der Waals surface area (Å²) < 4.78 is 32.7. The first-order valence-electron chi connectivity index (χ1n) is 10.2. The van der Waals surface area contributed by atoms with Gasteiger partial charge in [0.2, 0.25) is 5.91 Å². The molecule has 28 heavy (non-hydrogen) atoms. The van der Waals surface area contributed by atoms with Crippen molar-refractivity contribution in [2.75, 3.05) is 19.7 Å². The Kier molecular flexibility index (Phi) is 18.5. The van der Waals surface area contributed by atoms with E-state index in [1.165, 1.54) is 44.9 Å². The molecule has 0 saturated carbocycles. The van der Waals surface area contributed by atoms with Crippen LogP contribution in [0.2, 0.25) is 0 Å². The second kappa shape index (κ2) is 17.4. The first-order valence-corrected chi connectivity index (χ1v) is 11.5. The summed E-state index contributed by atoms with van der Waals surface area (Å²) in [6.07, 6.45) is 12.7. The van der Waals surface area contributed by atoms with Gasteiger partial charge in [0.1, 0.15) is 0 Å². The number of carbonyl (C=O) groups excluding carboxylic acids is 1. The molecular weight excluding hydrogens is 388 g/mol. The Morgan fingerprint density at radius 2 is 1.39 bits per heavy atom. The minimum atomic E-state index is -4.69. The minimum Gasteiger partial charge on any atom is -0.394 e. The van der Waals surface area contributed by atoms with E-state index < -0.39 is 15.8 Å². The summed E-state index contributed by atoms with van der Waals surface area (Å²) in [6.45, 7) is 7.27. The summed E-state index contributed by atoms with van der Waals surface area (Å²) in [6, 6.07) is 0. The highest BCUT2D eigenvalue weighted by Gasteiger charge is 2.29. The molecule has 0 aliphatic heterocycles. The van der Waals surface area contributed by atoms with Crippen LogP contribution in [0, 0.1) is 10.2 Å². The number of aliphatic hydroxyl groups excluding tert-OH is 1. The van der Waals surface area contributed by atoms with Crippen molar-refractivity contribution in [1.82, 2.24) is 4.90 Å². The van der Waals surface area contributed by atoms with E-state index in [1.54, 1.807) is 0 Å². The zero-order valence-electron chi connectivity index (χ0n) is 17.8. The summed E-state index contributed by atoms with van der Waals surface area (Å²) >= 11 is 0. The van der Waals surface area contributed by atoms with Crippen molar-refractivity contribution in [3.05, 3.63) is 0 Å². The van der Waals surface area contributed by atoms with Gasteiger partial charge in [0.25, 0.3) is 0 Å². The summed E-state index contributed by atoms with van der Waals surface area (Å²) in [4.78, 5) is 14.2. The third-order valence-corrected chi connectivity index (χ3v) is 4.50. The molecule has 0 heterocycles. The minimum absolute atomic E-state index is 0.0128. The van der Waals surface area contributed by atoms with Gasteiger partial charge in [-0.15, -0.1) is 0 Å². The molecule has 0 unspecified atom stereocenters. The summed E-state index contributed by atoms with van der Waals surface area (Å²) in [5.74, 6) is 0.153. The quantitative estimate of drug-likeness (QED) is 0.303. The van der Waals surface area contributed by atoms with Crippen LogP contribution in [-0.2, 0) is 4.79 Å². The van der Waals surface area contributed by atoms with Gasteiger partial charge in [-0.25, -0.2) is 0 Å². The summed E-state index contributed by atoms with van der Waals surface area (Å²) in [7, 11) is -4.69. The van der Waals surface area contributed by atoms with Crippen molar-refractivity contribution in [3.8, 4) is 0 Å². The molecule has 0 aliphatic rings. The Morgan fingerprint density at radius 3 is 1.79 bits per heavy atom. The van der Waals surface area contributed by atoms with Crippen molar-refractivity contribution in [1.29, 1.82) is 0 Å². The number of halogens is 1. The second-order valence-electron chi connectivity index (χ2n) is 7.63. The zero-order chi connectivity index (χ0) is 22.1. The van der Waals surface area contributed by atoms with Crippen LogP contribution in [0.1, 0.15) is 91.4 Å². The van der Waals surface area contributed by atoms with Crippen LogP contribution >= 0.6 is 0 Å². The van der Waals surface area contributed by atoms with E-state index in [9.17, 15) is 9.90 Å². The topological polar surface area (TPSA) is 156 Å². The van der Waals surface area contributed by atoms with Gasteiger partial charge < -0.3 is 15.7 Å². The summed E-state index contributed by atoms with van der Waals surface area (Å²) in [5, 5.41) is 9.52. The average molecular weight is 429 g/mol. The van der Waals surface area contributed by atoms with Crippen LogP contribution in [0.15, 0.2) is 0 Å². The first kappa shape index (κ1) is 29.7. The molecule has 170 valence electrons. The number of carbonyl (C=O) groups is 1. The van der Waals surface area contributed by atoms with E-state index >= 15 is 0 Å². The molecule has 0 saturated heterocycles. The van der Waals surface area contributed by atoms with Crippen molar-refractivity contribution >= 4 is 5.91 Å². The number of nitrogens with two attached hydrogens (primary N) is 1. The fourth-order valence-corrected chi connectivity index (χ4v) is 2.82. The molecular formula is C19H41ClN2O6. The van der Waals surface area contributed by atoms with Crippen LogP contribution in [0.5, 0.6) is 0 Å². The molecule has 0 aromatic heterocycles. The highest BCUT2D eigenvalue weighted by molar-refractivity contribution is 5.77. The molecule has 0 aliphatic carbocycles. The van der Waals surface area contributed by atoms with Crippen LogP contribution in [0.3, 0.4) is 0 Å². The lowest BCUT2D eigenvalue weighted by molar-refractivity contribution is -1.92. The van der Waals surface area contributed by atoms with Gasteiger partial charge in [-0.3, -0.25) is 4.79 Å². The first-order chi connectivity index (χ1) is 13.0. The zero-order valence-corrected chi connectivity index (χ0v) is 18.6. The third-order valence-electron chi connectivity index (χ3n) is 4.50. The van der Waals surface area contributed by atoms with Gasteiger partial charge in [-0.05, 0) is 33.2 Å². The fourth-order valence-electron chi connectivity index (χ4n) is 2.82. The maximum absolute atomic E-state index is 12.4. The monoisotopic (exact) mass is 428 g/mol. The van der Waals surface area contributed by atoms with E-state index in [0.717, 1.165) is 19.3 Å². The van der Waals surface area contributed by atoms with E-state index in [1.807, 2.05) is 18.7 Å². The van der Waals surface area contributed by atoms with E-state index in [4.69, 9.17) is 24.4 Å². The SMILES string of the molecule is CCCCCCCCCCCC(=O)N(CCCN)C(C)(C)CO.[O-][Cl+3]([O-])([O-])O. The van der Waals surface area contributed by atoms with Crippen molar-refractivity contribution in [3.63, 3.8) is 0 Å². The molecule has 0 spiro atoms. The van der Waals surface area contributed by atoms with Crippen LogP contribution in [0.25, 0.3) is 0 Å². The maximum atomic E-state index is 12.4. The number of amides is 1. The van der Waals surface area contributed by atoms with Crippen molar-refractivity contribution in [2.24, 2.45) is 5.73 Å². The Hall–Kier alpha value is -0.480. The number of hydrogen-bond acceptors (Lipinski definition) is 7. The molecule has 0 radical (unpaired) electrons. The molecule has 0 rings (SSSR count). The highest BCUT2D eigenvalue weighted by atomic mass is 35.7. The molecule has 0 bridgehead atoms. The van der Waals surface area contributed by atoms with Gasteiger partial charge in [0.15, 0.2) is 0 Å². The third kappa shape index (κ3) is 20.3. The van der Waals surface area contributed by atoms with Crippen LogP contribution < -0.4 is 19.7 Å². The van der Waals surface area contributed by atoms with Crippen molar-refractivity contribution in [2.45, 2.75) is 96.9 Å². The molecule has 8 nitrogen and oxygen atoms in total. The molecule has 0 atom stereocenters. The predicted molar refractivity (Wildman–Crippen MR) is 101 cm³/mol. The number of rotatable bonds is 15. The Morgan fingerprint density at radius 1 is 0.964 bits per heavy atom. The van der Waals surface area contributed by atoms with E-state index in [-0.39, 0.29) is 12.5 Å². The van der Waals surface area contributed by atoms with Crippen LogP contribution in [0.4, 0.5) is 0 Å².